The summed E-state index contributed by atoms with van der Waals surface area (Å²) in [6, 6.07) is 32.5. The molecule has 3 heterocycles. The molecule has 3 heteroatoms. The summed E-state index contributed by atoms with van der Waals surface area (Å²) in [4.78, 5) is 4.72. The summed E-state index contributed by atoms with van der Waals surface area (Å²) in [5.41, 5.74) is 2.43. The molecule has 0 fully saturated rings. The van der Waals surface area contributed by atoms with Crippen molar-refractivity contribution >= 4 is 64.1 Å². The van der Waals surface area contributed by atoms with Crippen molar-refractivity contribution < 1.29 is 0 Å². The van der Waals surface area contributed by atoms with Gasteiger partial charge >= 0.3 is 0 Å². The quantitative estimate of drug-likeness (QED) is 0.276. The highest BCUT2D eigenvalue weighted by molar-refractivity contribution is 7.26. The van der Waals surface area contributed by atoms with E-state index >= 15 is 0 Å². The second kappa shape index (κ2) is 5.91. The van der Waals surface area contributed by atoms with Crippen molar-refractivity contribution in [3.05, 3.63) is 97.2 Å². The molecule has 3 aromatic heterocycles. The number of hydrogen-bond acceptors (Lipinski definition) is 2. The van der Waals surface area contributed by atoms with Crippen LogP contribution in [0.25, 0.3) is 58.6 Å². The first kappa shape index (κ1) is 16.1. The number of pyridine rings is 1. The predicted molar refractivity (Wildman–Crippen MR) is 129 cm³/mol. The van der Waals surface area contributed by atoms with Gasteiger partial charge in [0.2, 0.25) is 0 Å². The van der Waals surface area contributed by atoms with Crippen LogP contribution in [0.1, 0.15) is 0 Å². The van der Waals surface area contributed by atoms with E-state index < -0.39 is 0 Å². The van der Waals surface area contributed by atoms with Crippen LogP contribution >= 0.6 is 11.3 Å². The van der Waals surface area contributed by atoms with Crippen LogP contribution in [0.5, 0.6) is 0 Å². The minimum atomic E-state index is 0.953. The Labute approximate surface area is 176 Å². The lowest BCUT2D eigenvalue weighted by atomic mass is 10.0. The number of benzene rings is 4. The van der Waals surface area contributed by atoms with Crippen molar-refractivity contribution in [2.75, 3.05) is 0 Å². The fourth-order valence-electron chi connectivity index (χ4n) is 4.76. The van der Waals surface area contributed by atoms with Crippen LogP contribution in [0.3, 0.4) is 0 Å². The molecule has 140 valence electrons. The molecule has 2 nitrogen and oxygen atoms in total. The molecular formula is C27H16N2S. The predicted octanol–water partition coefficient (Wildman–Crippen LogP) is 7.70. The summed E-state index contributed by atoms with van der Waals surface area (Å²) in [5.74, 6) is 0.953. The third kappa shape index (κ3) is 2.05. The molecule has 0 aliphatic rings. The van der Waals surface area contributed by atoms with E-state index in [-0.39, 0.29) is 0 Å². The van der Waals surface area contributed by atoms with Crippen LogP contribution in [-0.2, 0) is 0 Å². The Bertz CT molecular complexity index is 1730. The number of nitrogens with zero attached hydrogens (tertiary/aromatic N) is 2. The van der Waals surface area contributed by atoms with E-state index in [0.717, 1.165) is 5.82 Å². The van der Waals surface area contributed by atoms with Gasteiger partial charge in [0.25, 0.3) is 0 Å². The molecule has 0 bridgehead atoms. The van der Waals surface area contributed by atoms with E-state index in [1.165, 1.54) is 52.8 Å². The van der Waals surface area contributed by atoms with Gasteiger partial charge in [0.15, 0.2) is 0 Å². The molecule has 0 unspecified atom stereocenters. The third-order valence-corrected chi connectivity index (χ3v) is 7.24. The zero-order chi connectivity index (χ0) is 19.7. The standard InChI is InChI=1S/C27H16N2S/c1-3-9-22-18(7-1)20-14-12-17-13-15-21-19-8-2-4-10-23(19)30-27(21)25(17)26(20)29(22)24-11-5-6-16-28-24/h1-16H. The lowest BCUT2D eigenvalue weighted by molar-refractivity contribution is 1.08. The molecule has 0 aliphatic carbocycles. The Hall–Kier alpha value is -3.69. The molecule has 0 amide bonds. The summed E-state index contributed by atoms with van der Waals surface area (Å²) in [6.07, 6.45) is 1.87. The number of hydrogen-bond donors (Lipinski definition) is 0. The first-order valence-electron chi connectivity index (χ1n) is 10.1. The van der Waals surface area contributed by atoms with Gasteiger partial charge in [-0.15, -0.1) is 11.3 Å². The molecule has 7 aromatic rings. The lowest BCUT2D eigenvalue weighted by Gasteiger charge is -2.09. The molecule has 30 heavy (non-hydrogen) atoms. The maximum absolute atomic E-state index is 4.72. The fraction of sp³-hybridized carbons (Fsp3) is 0. The van der Waals surface area contributed by atoms with Gasteiger partial charge in [-0.25, -0.2) is 4.98 Å². The number of thiophene rings is 1. The normalized spacial score (nSPS) is 12.0. The van der Waals surface area contributed by atoms with Gasteiger partial charge in [-0.05, 0) is 29.7 Å². The van der Waals surface area contributed by atoms with E-state index in [1.807, 2.05) is 23.6 Å². The molecule has 0 saturated heterocycles. The first-order valence-corrected chi connectivity index (χ1v) is 10.9. The van der Waals surface area contributed by atoms with Crippen LogP contribution in [0.4, 0.5) is 0 Å². The molecule has 0 spiro atoms. The van der Waals surface area contributed by atoms with E-state index in [0.29, 0.717) is 0 Å². The highest BCUT2D eigenvalue weighted by Gasteiger charge is 2.18. The van der Waals surface area contributed by atoms with Gasteiger partial charge in [-0.3, -0.25) is 4.57 Å². The van der Waals surface area contributed by atoms with Crippen LogP contribution in [0.2, 0.25) is 0 Å². The first-order chi connectivity index (χ1) is 14.9. The van der Waals surface area contributed by atoms with Gasteiger partial charge in [0.05, 0.1) is 11.0 Å². The van der Waals surface area contributed by atoms with Crippen molar-refractivity contribution in [2.24, 2.45) is 0 Å². The smallest absolute Gasteiger partial charge is 0.137 e. The maximum atomic E-state index is 4.72. The van der Waals surface area contributed by atoms with E-state index in [2.05, 4.69) is 89.5 Å². The monoisotopic (exact) mass is 400 g/mol. The van der Waals surface area contributed by atoms with Crippen molar-refractivity contribution in [3.63, 3.8) is 0 Å². The molecule has 0 saturated carbocycles. The Kier molecular flexibility index (Phi) is 3.18. The average Bonchev–Trinajstić information content (AvgIpc) is 3.35. The molecule has 0 radical (unpaired) electrons. The summed E-state index contributed by atoms with van der Waals surface area (Å²) in [7, 11) is 0. The topological polar surface area (TPSA) is 17.8 Å². The molecule has 4 aromatic carbocycles. The number of para-hydroxylation sites is 1. The second-order valence-corrected chi connectivity index (χ2v) is 8.69. The maximum Gasteiger partial charge on any atom is 0.137 e. The molecular weight excluding hydrogens is 384 g/mol. The highest BCUT2D eigenvalue weighted by atomic mass is 32.1. The van der Waals surface area contributed by atoms with Crippen LogP contribution in [0, 0.1) is 0 Å². The van der Waals surface area contributed by atoms with Crippen molar-refractivity contribution in [2.45, 2.75) is 0 Å². The zero-order valence-electron chi connectivity index (χ0n) is 16.0. The molecule has 7 rings (SSSR count). The molecule has 0 N–H and O–H groups in total. The Balaban J connectivity index is 1.81. The van der Waals surface area contributed by atoms with E-state index in [4.69, 9.17) is 4.98 Å². The number of rotatable bonds is 1. The number of aromatic nitrogens is 2. The summed E-state index contributed by atoms with van der Waals surface area (Å²) in [6.45, 7) is 0. The van der Waals surface area contributed by atoms with Gasteiger partial charge in [0, 0.05) is 42.5 Å². The van der Waals surface area contributed by atoms with Gasteiger partial charge in [-0.2, -0.15) is 0 Å². The van der Waals surface area contributed by atoms with Crippen molar-refractivity contribution in [1.29, 1.82) is 0 Å². The average molecular weight is 401 g/mol. The number of fused-ring (bicyclic) bond motifs is 9. The lowest BCUT2D eigenvalue weighted by Crippen LogP contribution is -1.96. The van der Waals surface area contributed by atoms with Gasteiger partial charge in [0.1, 0.15) is 5.82 Å². The minimum absolute atomic E-state index is 0.953. The van der Waals surface area contributed by atoms with Gasteiger partial charge in [-0.1, -0.05) is 66.7 Å². The molecule has 0 aliphatic heterocycles. The second-order valence-electron chi connectivity index (χ2n) is 7.64. The Morgan fingerprint density at radius 3 is 2.27 bits per heavy atom. The van der Waals surface area contributed by atoms with Crippen LogP contribution in [0.15, 0.2) is 97.2 Å². The third-order valence-electron chi connectivity index (χ3n) is 6.04. The van der Waals surface area contributed by atoms with Crippen LogP contribution < -0.4 is 0 Å². The summed E-state index contributed by atoms with van der Waals surface area (Å²) >= 11 is 1.89. The Morgan fingerprint density at radius 2 is 1.40 bits per heavy atom. The van der Waals surface area contributed by atoms with Gasteiger partial charge < -0.3 is 0 Å². The summed E-state index contributed by atoms with van der Waals surface area (Å²) in [5, 5.41) is 7.77. The summed E-state index contributed by atoms with van der Waals surface area (Å²) < 4.78 is 5.01. The highest BCUT2D eigenvalue weighted by Crippen LogP contribution is 2.43. The van der Waals surface area contributed by atoms with Crippen molar-refractivity contribution in [3.8, 4) is 5.82 Å². The SMILES string of the molecule is c1ccc(-n2c3ccccc3c3ccc4ccc5c6ccccc6sc5c4c32)nc1. The largest absolute Gasteiger partial charge is 0.293 e. The zero-order valence-corrected chi connectivity index (χ0v) is 16.9. The van der Waals surface area contributed by atoms with E-state index in [9.17, 15) is 0 Å². The Morgan fingerprint density at radius 1 is 0.633 bits per heavy atom. The fourth-order valence-corrected chi connectivity index (χ4v) is 6.02. The van der Waals surface area contributed by atoms with E-state index in [1.54, 1.807) is 0 Å². The molecule has 0 atom stereocenters. The van der Waals surface area contributed by atoms with Crippen molar-refractivity contribution in [1.82, 2.24) is 9.55 Å². The van der Waals surface area contributed by atoms with Crippen LogP contribution in [-0.4, -0.2) is 9.55 Å². The minimum Gasteiger partial charge on any atom is -0.293 e.